The summed E-state index contributed by atoms with van der Waals surface area (Å²) in [6, 6.07) is 0.426. The van der Waals surface area contributed by atoms with E-state index in [1.54, 1.807) is 0 Å². The van der Waals surface area contributed by atoms with Crippen molar-refractivity contribution in [2.75, 3.05) is 6.54 Å². The number of rotatable bonds is 1. The van der Waals surface area contributed by atoms with Crippen LogP contribution in [0.4, 0.5) is 0 Å². The van der Waals surface area contributed by atoms with Crippen LogP contribution in [0.25, 0.3) is 5.57 Å². The number of fused-ring (bicyclic) bond motifs is 1. The van der Waals surface area contributed by atoms with Crippen molar-refractivity contribution in [1.82, 2.24) is 20.1 Å². The molecule has 0 aliphatic carbocycles. The highest BCUT2D eigenvalue weighted by molar-refractivity contribution is 6.00. The van der Waals surface area contributed by atoms with Gasteiger partial charge in [-0.05, 0) is 26.0 Å². The Morgan fingerprint density at radius 1 is 1.44 bits per heavy atom. The summed E-state index contributed by atoms with van der Waals surface area (Å²) >= 11 is 0. The van der Waals surface area contributed by atoms with E-state index >= 15 is 0 Å². The number of hydrogen-bond acceptors (Lipinski definition) is 4. The number of aryl methyl sites for hydroxylation is 1. The van der Waals surface area contributed by atoms with Gasteiger partial charge in [-0.3, -0.25) is 10.1 Å². The molecule has 2 aliphatic rings. The van der Waals surface area contributed by atoms with Gasteiger partial charge in [-0.2, -0.15) is 5.10 Å². The Morgan fingerprint density at radius 3 is 3.06 bits per heavy atom. The van der Waals surface area contributed by atoms with Crippen molar-refractivity contribution in [3.63, 3.8) is 0 Å². The molecule has 0 saturated heterocycles. The highest BCUT2D eigenvalue weighted by Gasteiger charge is 2.24. The predicted molar refractivity (Wildman–Crippen MR) is 61.8 cm³/mol. The van der Waals surface area contributed by atoms with Crippen molar-refractivity contribution in [3.05, 3.63) is 30.0 Å². The van der Waals surface area contributed by atoms with E-state index in [9.17, 15) is 0 Å². The third-order valence-corrected chi connectivity index (χ3v) is 2.80. The molecule has 82 valence electrons. The fraction of sp³-hybridized carbons (Fsp3) is 0.364. The van der Waals surface area contributed by atoms with Crippen LogP contribution in [-0.4, -0.2) is 38.5 Å². The van der Waals surface area contributed by atoms with Crippen LogP contribution < -0.4 is 0 Å². The van der Waals surface area contributed by atoms with Crippen LogP contribution in [0, 0.1) is 6.92 Å². The fourth-order valence-electron chi connectivity index (χ4n) is 1.91. The van der Waals surface area contributed by atoms with Crippen molar-refractivity contribution in [2.24, 2.45) is 4.99 Å². The van der Waals surface area contributed by atoms with Gasteiger partial charge >= 0.3 is 0 Å². The molecule has 16 heavy (non-hydrogen) atoms. The second-order valence-corrected chi connectivity index (χ2v) is 4.12. The number of H-pyrrole nitrogens is 1. The van der Waals surface area contributed by atoms with Gasteiger partial charge in [0.15, 0.2) is 5.82 Å². The van der Waals surface area contributed by atoms with Crippen LogP contribution in [0.15, 0.2) is 23.3 Å². The average molecular weight is 215 g/mol. The smallest absolute Gasteiger partial charge is 0.182 e. The van der Waals surface area contributed by atoms with Crippen LogP contribution in [0.2, 0.25) is 0 Å². The van der Waals surface area contributed by atoms with Crippen molar-refractivity contribution in [1.29, 1.82) is 0 Å². The van der Waals surface area contributed by atoms with Crippen molar-refractivity contribution >= 4 is 11.4 Å². The van der Waals surface area contributed by atoms with Gasteiger partial charge in [0.2, 0.25) is 0 Å². The summed E-state index contributed by atoms with van der Waals surface area (Å²) in [5.74, 6) is 2.61. The number of aromatic nitrogens is 3. The maximum atomic E-state index is 4.43. The molecule has 0 amide bonds. The lowest BCUT2D eigenvalue weighted by Gasteiger charge is -2.22. The lowest BCUT2D eigenvalue weighted by molar-refractivity contribution is 0.475. The number of aliphatic imine (C=N–C) groups is 1. The maximum Gasteiger partial charge on any atom is 0.182 e. The number of amidine groups is 1. The minimum atomic E-state index is 0.426. The zero-order valence-electron chi connectivity index (χ0n) is 9.31. The molecule has 0 spiro atoms. The topological polar surface area (TPSA) is 57.2 Å². The van der Waals surface area contributed by atoms with E-state index in [0.717, 1.165) is 29.6 Å². The predicted octanol–water partition coefficient (Wildman–Crippen LogP) is 1.13. The number of allylic oxidation sites excluding steroid dienone is 2. The van der Waals surface area contributed by atoms with E-state index in [-0.39, 0.29) is 0 Å². The highest BCUT2D eigenvalue weighted by Crippen LogP contribution is 2.22. The molecule has 0 radical (unpaired) electrons. The summed E-state index contributed by atoms with van der Waals surface area (Å²) in [6.07, 6.45) is 6.10. The van der Waals surface area contributed by atoms with Gasteiger partial charge in [-0.1, -0.05) is 0 Å². The first-order valence-corrected chi connectivity index (χ1v) is 5.36. The molecule has 0 fully saturated rings. The molecule has 1 atom stereocenters. The summed E-state index contributed by atoms with van der Waals surface area (Å²) in [4.78, 5) is 10.9. The Bertz CT molecular complexity index is 508. The number of aromatic amines is 1. The largest absolute Gasteiger partial charge is 0.328 e. The Hall–Kier alpha value is -1.91. The Kier molecular flexibility index (Phi) is 1.92. The average Bonchev–Trinajstić information content (AvgIpc) is 2.86. The first-order valence-electron chi connectivity index (χ1n) is 5.36. The second kappa shape index (κ2) is 3.30. The van der Waals surface area contributed by atoms with Crippen molar-refractivity contribution in [3.8, 4) is 0 Å². The minimum absolute atomic E-state index is 0.426. The van der Waals surface area contributed by atoms with Gasteiger partial charge in [0.25, 0.3) is 0 Å². The van der Waals surface area contributed by atoms with E-state index in [0.29, 0.717) is 6.04 Å². The number of nitrogens with one attached hydrogen (secondary N) is 1. The zero-order chi connectivity index (χ0) is 11.1. The Balaban J connectivity index is 1.96. The molecule has 1 aromatic heterocycles. The van der Waals surface area contributed by atoms with E-state index in [1.165, 1.54) is 0 Å². The van der Waals surface area contributed by atoms with Gasteiger partial charge < -0.3 is 4.90 Å². The first kappa shape index (κ1) is 9.33. The summed E-state index contributed by atoms with van der Waals surface area (Å²) in [6.45, 7) is 4.92. The van der Waals surface area contributed by atoms with Crippen molar-refractivity contribution in [2.45, 2.75) is 19.9 Å². The van der Waals surface area contributed by atoms with Crippen LogP contribution in [0.1, 0.15) is 18.6 Å². The lowest BCUT2D eigenvalue weighted by Crippen LogP contribution is -2.30. The molecule has 0 bridgehead atoms. The van der Waals surface area contributed by atoms with E-state index in [2.05, 4.69) is 38.2 Å². The fourth-order valence-corrected chi connectivity index (χ4v) is 1.91. The van der Waals surface area contributed by atoms with Gasteiger partial charge in [0.1, 0.15) is 11.7 Å². The standard InChI is InChI=1S/C11H13N5/c1-7-5-12-10-4-3-9(6-16(7)10)11-13-8(2)14-15-11/h3-4,6-7H,5H2,1-2H3,(H,13,14,15). The van der Waals surface area contributed by atoms with Crippen molar-refractivity contribution < 1.29 is 0 Å². The highest BCUT2D eigenvalue weighted by atomic mass is 15.3. The van der Waals surface area contributed by atoms with E-state index in [1.807, 2.05) is 19.1 Å². The number of nitrogens with zero attached hydrogens (tertiary/aromatic N) is 4. The molecular weight excluding hydrogens is 202 g/mol. The maximum absolute atomic E-state index is 4.43. The molecule has 5 nitrogen and oxygen atoms in total. The molecule has 5 heteroatoms. The Labute approximate surface area is 93.6 Å². The summed E-state index contributed by atoms with van der Waals surface area (Å²) in [5.41, 5.74) is 1.03. The Morgan fingerprint density at radius 2 is 2.31 bits per heavy atom. The molecule has 1 N–H and O–H groups in total. The molecule has 0 saturated carbocycles. The van der Waals surface area contributed by atoms with Gasteiger partial charge in [-0.15, -0.1) is 0 Å². The third-order valence-electron chi connectivity index (χ3n) is 2.80. The van der Waals surface area contributed by atoms with E-state index in [4.69, 9.17) is 0 Å². The zero-order valence-corrected chi connectivity index (χ0v) is 9.31. The molecular formula is C11H13N5. The SMILES string of the molecule is Cc1nc(C2=CN3C(=NCC3C)C=C2)n[nH]1. The normalized spacial score (nSPS) is 23.1. The molecule has 3 heterocycles. The molecule has 1 unspecified atom stereocenters. The van der Waals surface area contributed by atoms with Gasteiger partial charge in [0, 0.05) is 11.8 Å². The van der Waals surface area contributed by atoms with E-state index < -0.39 is 0 Å². The van der Waals surface area contributed by atoms with Crippen LogP contribution in [-0.2, 0) is 0 Å². The quantitative estimate of drug-likeness (QED) is 0.764. The lowest BCUT2D eigenvalue weighted by atomic mass is 10.1. The summed E-state index contributed by atoms with van der Waals surface area (Å²) < 4.78 is 0. The molecule has 1 aromatic rings. The van der Waals surface area contributed by atoms with Crippen LogP contribution in [0.5, 0.6) is 0 Å². The third kappa shape index (κ3) is 1.36. The summed E-state index contributed by atoms with van der Waals surface area (Å²) in [7, 11) is 0. The van der Waals surface area contributed by atoms with Crippen LogP contribution >= 0.6 is 0 Å². The number of hydrogen-bond donors (Lipinski definition) is 1. The van der Waals surface area contributed by atoms with Crippen LogP contribution in [0.3, 0.4) is 0 Å². The second-order valence-electron chi connectivity index (χ2n) is 4.12. The minimum Gasteiger partial charge on any atom is -0.328 e. The monoisotopic (exact) mass is 215 g/mol. The summed E-state index contributed by atoms with van der Waals surface area (Å²) in [5, 5.41) is 7.01. The van der Waals surface area contributed by atoms with Gasteiger partial charge in [-0.25, -0.2) is 4.98 Å². The molecule has 2 aliphatic heterocycles. The molecule has 0 aromatic carbocycles. The van der Waals surface area contributed by atoms with Gasteiger partial charge in [0.05, 0.1) is 12.6 Å². The molecule has 3 rings (SSSR count). The first-order chi connectivity index (χ1) is 7.74.